The van der Waals surface area contributed by atoms with E-state index in [2.05, 4.69) is 10.0 Å². The summed E-state index contributed by atoms with van der Waals surface area (Å²) < 4.78 is 26.9. The highest BCUT2D eigenvalue weighted by molar-refractivity contribution is 7.89. The Bertz CT molecular complexity index is 623. The average Bonchev–Trinajstić information content (AvgIpc) is 2.46. The lowest BCUT2D eigenvalue weighted by Gasteiger charge is -2.22. The Kier molecular flexibility index (Phi) is 6.91. The Morgan fingerprint density at radius 3 is 2.86 bits per heavy atom. The molecule has 0 aromatic heterocycles. The lowest BCUT2D eigenvalue weighted by Crippen LogP contribution is -2.38. The second-order valence-electron chi connectivity index (χ2n) is 4.82. The second kappa shape index (κ2) is 7.97. The van der Waals surface area contributed by atoms with Gasteiger partial charge in [-0.05, 0) is 50.0 Å². The molecule has 1 unspecified atom stereocenters. The predicted octanol–water partition coefficient (Wildman–Crippen LogP) is 1.91. The monoisotopic (exact) mass is 349 g/mol. The number of halogens is 2. The van der Waals surface area contributed by atoms with Crippen molar-refractivity contribution in [2.75, 3.05) is 19.6 Å². The number of nitriles is 1. The van der Waals surface area contributed by atoms with E-state index in [9.17, 15) is 8.42 Å². The summed E-state index contributed by atoms with van der Waals surface area (Å²) in [6.45, 7) is 2.22. The van der Waals surface area contributed by atoms with Crippen LogP contribution in [0.2, 0.25) is 5.02 Å². The molecule has 5 nitrogen and oxygen atoms in total. The van der Waals surface area contributed by atoms with Crippen molar-refractivity contribution in [2.24, 2.45) is 5.92 Å². The molecule has 1 fully saturated rings. The van der Waals surface area contributed by atoms with Gasteiger partial charge in [0.25, 0.3) is 0 Å². The zero-order chi connectivity index (χ0) is 14.6. The van der Waals surface area contributed by atoms with Crippen molar-refractivity contribution < 1.29 is 8.42 Å². The van der Waals surface area contributed by atoms with Gasteiger partial charge in [0, 0.05) is 6.54 Å². The first-order valence-electron chi connectivity index (χ1n) is 6.43. The van der Waals surface area contributed by atoms with Gasteiger partial charge in [-0.25, -0.2) is 13.1 Å². The van der Waals surface area contributed by atoms with Gasteiger partial charge in [-0.3, -0.25) is 0 Å². The summed E-state index contributed by atoms with van der Waals surface area (Å²) in [4.78, 5) is 0.0715. The standard InChI is InChI=1S/C13H16ClN3O2S.ClH/c14-13-4-3-12(6-11(13)7-15)20(18,19)17-9-10-2-1-5-16-8-10;/h3-4,6,10,16-17H,1-2,5,8-9H2;1H. The summed E-state index contributed by atoms with van der Waals surface area (Å²) in [6, 6.07) is 6.01. The van der Waals surface area contributed by atoms with E-state index in [1.165, 1.54) is 18.2 Å². The van der Waals surface area contributed by atoms with Crippen LogP contribution in [0.25, 0.3) is 0 Å². The summed E-state index contributed by atoms with van der Waals surface area (Å²) in [5.74, 6) is 0.307. The van der Waals surface area contributed by atoms with E-state index in [1.54, 1.807) is 0 Å². The highest BCUT2D eigenvalue weighted by atomic mass is 35.5. The van der Waals surface area contributed by atoms with Crippen LogP contribution in [0.4, 0.5) is 0 Å². The van der Waals surface area contributed by atoms with Gasteiger partial charge in [-0.1, -0.05) is 11.6 Å². The van der Waals surface area contributed by atoms with Gasteiger partial charge in [0.2, 0.25) is 10.0 Å². The van der Waals surface area contributed by atoms with Crippen molar-refractivity contribution in [3.05, 3.63) is 28.8 Å². The molecule has 1 aromatic carbocycles. The number of nitrogens with one attached hydrogen (secondary N) is 2. The third-order valence-corrected chi connectivity index (χ3v) is 5.08. The minimum Gasteiger partial charge on any atom is -0.316 e. The number of sulfonamides is 1. The molecule has 0 aliphatic carbocycles. The Balaban J connectivity index is 0.00000220. The van der Waals surface area contributed by atoms with Crippen LogP contribution >= 0.6 is 24.0 Å². The maximum Gasteiger partial charge on any atom is 0.240 e. The SMILES string of the molecule is Cl.N#Cc1cc(S(=O)(=O)NCC2CCCNC2)ccc1Cl. The number of hydrogen-bond acceptors (Lipinski definition) is 4. The summed E-state index contributed by atoms with van der Waals surface area (Å²) in [5.41, 5.74) is 0.161. The molecule has 0 radical (unpaired) electrons. The highest BCUT2D eigenvalue weighted by Gasteiger charge is 2.19. The first-order chi connectivity index (χ1) is 9.53. The number of nitrogens with zero attached hydrogens (tertiary/aromatic N) is 1. The molecule has 21 heavy (non-hydrogen) atoms. The Labute approximate surface area is 136 Å². The molecule has 1 atom stereocenters. The first kappa shape index (κ1) is 18.2. The third kappa shape index (κ3) is 4.83. The lowest BCUT2D eigenvalue weighted by atomic mass is 10.0. The quantitative estimate of drug-likeness (QED) is 0.869. The Morgan fingerprint density at radius 1 is 1.48 bits per heavy atom. The zero-order valence-electron chi connectivity index (χ0n) is 11.3. The van der Waals surface area contributed by atoms with Crippen molar-refractivity contribution in [1.29, 1.82) is 5.26 Å². The van der Waals surface area contributed by atoms with E-state index in [0.717, 1.165) is 25.9 Å². The summed E-state index contributed by atoms with van der Waals surface area (Å²) >= 11 is 5.80. The van der Waals surface area contributed by atoms with Gasteiger partial charge in [0.05, 0.1) is 15.5 Å². The fraction of sp³-hybridized carbons (Fsp3) is 0.462. The molecule has 1 aliphatic heterocycles. The molecular weight excluding hydrogens is 333 g/mol. The van der Waals surface area contributed by atoms with Gasteiger partial charge in [-0.15, -0.1) is 12.4 Å². The molecule has 1 aliphatic rings. The van der Waals surface area contributed by atoms with Gasteiger partial charge in [0.1, 0.15) is 6.07 Å². The smallest absolute Gasteiger partial charge is 0.240 e. The van der Waals surface area contributed by atoms with E-state index < -0.39 is 10.0 Å². The third-order valence-electron chi connectivity index (χ3n) is 3.33. The van der Waals surface area contributed by atoms with Crippen molar-refractivity contribution in [2.45, 2.75) is 17.7 Å². The minimum atomic E-state index is -3.60. The van der Waals surface area contributed by atoms with Gasteiger partial charge < -0.3 is 5.32 Å². The molecule has 1 heterocycles. The molecule has 8 heteroatoms. The van der Waals surface area contributed by atoms with Crippen LogP contribution in [-0.4, -0.2) is 28.1 Å². The van der Waals surface area contributed by atoms with Gasteiger partial charge in [-0.2, -0.15) is 5.26 Å². The van der Waals surface area contributed by atoms with E-state index >= 15 is 0 Å². The average molecular weight is 350 g/mol. The summed E-state index contributed by atoms with van der Waals surface area (Å²) in [5, 5.41) is 12.4. The fourth-order valence-electron chi connectivity index (χ4n) is 2.17. The molecular formula is C13H17Cl2N3O2S. The topological polar surface area (TPSA) is 82.0 Å². The first-order valence-corrected chi connectivity index (χ1v) is 8.29. The zero-order valence-corrected chi connectivity index (χ0v) is 13.7. The molecule has 0 spiro atoms. The van der Waals surface area contributed by atoms with Crippen LogP contribution in [0.15, 0.2) is 23.1 Å². The van der Waals surface area contributed by atoms with Crippen LogP contribution in [0.1, 0.15) is 18.4 Å². The van der Waals surface area contributed by atoms with Crippen LogP contribution in [0.3, 0.4) is 0 Å². The Morgan fingerprint density at radius 2 is 2.24 bits per heavy atom. The van der Waals surface area contributed by atoms with Gasteiger partial charge in [0.15, 0.2) is 0 Å². The number of hydrogen-bond donors (Lipinski definition) is 2. The largest absolute Gasteiger partial charge is 0.316 e. The van der Waals surface area contributed by atoms with E-state index in [-0.39, 0.29) is 27.9 Å². The van der Waals surface area contributed by atoms with Gasteiger partial charge >= 0.3 is 0 Å². The van der Waals surface area contributed by atoms with Crippen molar-refractivity contribution in [3.8, 4) is 6.07 Å². The molecule has 1 saturated heterocycles. The summed E-state index contributed by atoms with van der Waals surface area (Å²) in [7, 11) is -3.60. The van der Waals surface area contributed by atoms with E-state index in [1.807, 2.05) is 6.07 Å². The molecule has 1 aromatic rings. The molecule has 2 rings (SSSR count). The number of benzene rings is 1. The van der Waals surface area contributed by atoms with Crippen molar-refractivity contribution in [3.63, 3.8) is 0 Å². The van der Waals surface area contributed by atoms with Crippen LogP contribution in [0, 0.1) is 17.2 Å². The maximum absolute atomic E-state index is 12.2. The second-order valence-corrected chi connectivity index (χ2v) is 6.99. The van der Waals surface area contributed by atoms with Crippen LogP contribution in [-0.2, 0) is 10.0 Å². The molecule has 0 bridgehead atoms. The lowest BCUT2D eigenvalue weighted by molar-refractivity contribution is 0.376. The van der Waals surface area contributed by atoms with Crippen LogP contribution < -0.4 is 10.0 Å². The predicted molar refractivity (Wildman–Crippen MR) is 84.2 cm³/mol. The maximum atomic E-state index is 12.2. The number of piperidine rings is 1. The molecule has 116 valence electrons. The Hall–Kier alpha value is -0.840. The molecule has 2 N–H and O–H groups in total. The van der Waals surface area contributed by atoms with E-state index in [4.69, 9.17) is 16.9 Å². The van der Waals surface area contributed by atoms with Crippen molar-refractivity contribution in [1.82, 2.24) is 10.0 Å². The normalized spacial score (nSPS) is 18.6. The van der Waals surface area contributed by atoms with Crippen LogP contribution in [0.5, 0.6) is 0 Å². The van der Waals surface area contributed by atoms with Crippen molar-refractivity contribution >= 4 is 34.0 Å². The van der Waals surface area contributed by atoms with E-state index in [0.29, 0.717) is 12.5 Å². The minimum absolute atomic E-state index is 0. The fourth-order valence-corrected chi connectivity index (χ4v) is 3.47. The number of rotatable bonds is 4. The summed E-state index contributed by atoms with van der Waals surface area (Å²) in [6.07, 6.45) is 2.07. The molecule has 0 amide bonds. The molecule has 0 saturated carbocycles. The highest BCUT2D eigenvalue weighted by Crippen LogP contribution is 2.20.